The van der Waals surface area contributed by atoms with E-state index in [2.05, 4.69) is 50.3 Å². The molecule has 0 amide bonds. The van der Waals surface area contributed by atoms with E-state index in [-0.39, 0.29) is 11.5 Å². The van der Waals surface area contributed by atoms with Gasteiger partial charge in [-0.1, -0.05) is 6.07 Å². The van der Waals surface area contributed by atoms with Crippen molar-refractivity contribution in [3.63, 3.8) is 0 Å². The number of rotatable bonds is 6. The molecule has 1 aliphatic rings. The Bertz CT molecular complexity index is 1500. The minimum Gasteiger partial charge on any atom is -0.368 e. The number of benzene rings is 1. The van der Waals surface area contributed by atoms with Crippen LogP contribution in [0.1, 0.15) is 36.3 Å². The van der Waals surface area contributed by atoms with Crippen LogP contribution in [0.25, 0.3) is 22.2 Å². The summed E-state index contributed by atoms with van der Waals surface area (Å²) in [5, 5.41) is 13.4. The molecule has 182 valence electrons. The van der Waals surface area contributed by atoms with Crippen LogP contribution in [0.15, 0.2) is 53.6 Å². The summed E-state index contributed by atoms with van der Waals surface area (Å²) >= 11 is 0. The molecule has 9 heteroatoms. The molecule has 0 saturated carbocycles. The first kappa shape index (κ1) is 23.5. The Hall–Kier alpha value is -4.29. The van der Waals surface area contributed by atoms with Crippen LogP contribution in [0.3, 0.4) is 0 Å². The molecule has 0 atom stereocenters. The third-order valence-electron chi connectivity index (χ3n) is 6.79. The zero-order chi connectivity index (χ0) is 25.1. The lowest BCUT2D eigenvalue weighted by molar-refractivity contribution is 0.216. The molecule has 3 aromatic heterocycles. The van der Waals surface area contributed by atoms with Crippen LogP contribution in [0, 0.1) is 18.3 Å². The highest BCUT2D eigenvalue weighted by Gasteiger charge is 2.22. The third-order valence-corrected chi connectivity index (χ3v) is 6.79. The fourth-order valence-electron chi connectivity index (χ4n) is 4.98. The number of pyridine rings is 2. The van der Waals surface area contributed by atoms with E-state index in [9.17, 15) is 4.79 Å². The topological polar surface area (TPSA) is 137 Å². The van der Waals surface area contributed by atoms with Crippen LogP contribution >= 0.6 is 0 Å². The first-order valence-electron chi connectivity index (χ1n) is 12.1. The number of fused-ring (bicyclic) bond motifs is 1. The Balaban J connectivity index is 1.43. The molecule has 0 aliphatic carbocycles. The maximum absolute atomic E-state index is 12.7. The fourth-order valence-corrected chi connectivity index (χ4v) is 4.98. The number of nitrogens with one attached hydrogen (secondary N) is 2. The summed E-state index contributed by atoms with van der Waals surface area (Å²) in [6, 6.07) is 14.0. The summed E-state index contributed by atoms with van der Waals surface area (Å²) in [5.41, 5.74) is 10.2. The van der Waals surface area contributed by atoms with Crippen molar-refractivity contribution < 1.29 is 0 Å². The number of piperidine rings is 1. The normalized spacial score (nSPS) is 14.6. The van der Waals surface area contributed by atoms with Crippen molar-refractivity contribution in [3.05, 3.63) is 70.3 Å². The number of hydrogen-bond donors (Lipinski definition) is 3. The lowest BCUT2D eigenvalue weighted by Gasteiger charge is -2.32. The quantitative estimate of drug-likeness (QED) is 0.375. The molecule has 0 radical (unpaired) electrons. The largest absolute Gasteiger partial charge is 0.368 e. The van der Waals surface area contributed by atoms with E-state index in [1.807, 2.05) is 18.2 Å². The van der Waals surface area contributed by atoms with Gasteiger partial charge in [0.15, 0.2) is 0 Å². The number of H-pyrrole nitrogens is 1. The number of nitriles is 1. The van der Waals surface area contributed by atoms with Gasteiger partial charge in [0.1, 0.15) is 5.82 Å². The van der Waals surface area contributed by atoms with Crippen LogP contribution in [-0.4, -0.2) is 44.5 Å². The number of nitrogens with zero attached hydrogens (tertiary/aromatic N) is 5. The minimum atomic E-state index is -0.215. The van der Waals surface area contributed by atoms with Crippen LogP contribution in [-0.2, 0) is 0 Å². The summed E-state index contributed by atoms with van der Waals surface area (Å²) < 4.78 is 0. The lowest BCUT2D eigenvalue weighted by atomic mass is 9.86. The first-order chi connectivity index (χ1) is 17.5. The minimum absolute atomic E-state index is 0.164. The van der Waals surface area contributed by atoms with Gasteiger partial charge in [-0.2, -0.15) is 5.26 Å². The van der Waals surface area contributed by atoms with Crippen molar-refractivity contribution in [2.45, 2.75) is 32.1 Å². The van der Waals surface area contributed by atoms with Gasteiger partial charge in [-0.3, -0.25) is 4.79 Å². The molecule has 1 fully saturated rings. The smallest absolute Gasteiger partial charge is 0.259 e. The van der Waals surface area contributed by atoms with Crippen molar-refractivity contribution in [2.75, 3.05) is 30.7 Å². The van der Waals surface area contributed by atoms with Gasteiger partial charge >= 0.3 is 0 Å². The predicted molar refractivity (Wildman–Crippen MR) is 141 cm³/mol. The highest BCUT2D eigenvalue weighted by atomic mass is 16.1. The monoisotopic (exact) mass is 480 g/mol. The maximum atomic E-state index is 12.7. The number of nitrogen functional groups attached to an aromatic ring is 1. The van der Waals surface area contributed by atoms with Gasteiger partial charge in [0, 0.05) is 31.0 Å². The van der Waals surface area contributed by atoms with Crippen molar-refractivity contribution >= 4 is 28.2 Å². The van der Waals surface area contributed by atoms with E-state index >= 15 is 0 Å². The Morgan fingerprint density at radius 3 is 2.75 bits per heavy atom. The molecule has 1 saturated heterocycles. The van der Waals surface area contributed by atoms with E-state index in [1.165, 1.54) is 11.1 Å². The summed E-state index contributed by atoms with van der Waals surface area (Å²) in [6.07, 6.45) is 5.97. The Morgan fingerprint density at radius 1 is 1.17 bits per heavy atom. The van der Waals surface area contributed by atoms with Crippen LogP contribution in [0.4, 0.5) is 17.5 Å². The zero-order valence-electron chi connectivity index (χ0n) is 20.2. The molecule has 4 N–H and O–H groups in total. The second kappa shape index (κ2) is 10.1. The molecule has 9 nitrogen and oxygen atoms in total. The second-order valence-corrected chi connectivity index (χ2v) is 9.15. The van der Waals surface area contributed by atoms with Gasteiger partial charge in [0.05, 0.1) is 22.8 Å². The SMILES string of the molecule is Cc1cc(Nc2nc(-c3ccnc(N)n3)cc3cc[nH]c(=O)c23)ccc1C1CCN(CCC#N)CC1. The number of aryl methyl sites for hydroxylation is 1. The zero-order valence-corrected chi connectivity index (χ0v) is 20.2. The fraction of sp³-hybridized carbons (Fsp3) is 0.296. The number of nitrogens with two attached hydrogens (primary N) is 1. The molecule has 4 aromatic rings. The van der Waals surface area contributed by atoms with Crippen molar-refractivity contribution in [1.82, 2.24) is 24.8 Å². The maximum Gasteiger partial charge on any atom is 0.259 e. The molecule has 5 rings (SSSR count). The van der Waals surface area contributed by atoms with E-state index in [1.54, 1.807) is 18.5 Å². The van der Waals surface area contributed by atoms with Gasteiger partial charge in [-0.25, -0.2) is 15.0 Å². The van der Waals surface area contributed by atoms with E-state index in [0.29, 0.717) is 34.9 Å². The average Bonchev–Trinajstić information content (AvgIpc) is 2.88. The number of likely N-dealkylation sites (tertiary alicyclic amines) is 1. The molecule has 0 unspecified atom stereocenters. The standard InChI is InChI=1S/C27H28N8O/c1-17-15-20(3-4-21(17)18-7-13-35(14-8-18)12-2-9-28)32-25-24-19(5-10-30-26(24)36)16-23(33-25)22-6-11-31-27(29)34-22/h3-6,10-11,15-16,18H,2,7-8,12-14H2,1H3,(H,30,36)(H,32,33)(H2,29,31,34). The third kappa shape index (κ3) is 4.90. The first-order valence-corrected chi connectivity index (χ1v) is 12.1. The molecular weight excluding hydrogens is 452 g/mol. The van der Waals surface area contributed by atoms with Crippen LogP contribution in [0.2, 0.25) is 0 Å². The Morgan fingerprint density at radius 2 is 2.00 bits per heavy atom. The molecule has 1 aliphatic heterocycles. The summed E-state index contributed by atoms with van der Waals surface area (Å²) in [4.78, 5) is 30.8. The van der Waals surface area contributed by atoms with E-state index in [4.69, 9.17) is 16.0 Å². The van der Waals surface area contributed by atoms with Crippen LogP contribution < -0.4 is 16.6 Å². The summed E-state index contributed by atoms with van der Waals surface area (Å²) in [6.45, 7) is 5.02. The van der Waals surface area contributed by atoms with Crippen molar-refractivity contribution in [1.29, 1.82) is 5.26 Å². The highest BCUT2D eigenvalue weighted by Crippen LogP contribution is 2.33. The van der Waals surface area contributed by atoms with Gasteiger partial charge in [0.2, 0.25) is 5.95 Å². The van der Waals surface area contributed by atoms with E-state index < -0.39 is 0 Å². The van der Waals surface area contributed by atoms with Crippen LogP contribution in [0.5, 0.6) is 0 Å². The van der Waals surface area contributed by atoms with Gasteiger partial charge in [-0.05, 0) is 85.6 Å². The second-order valence-electron chi connectivity index (χ2n) is 9.15. The Labute approximate surface area is 209 Å². The number of anilines is 3. The predicted octanol–water partition coefficient (Wildman–Crippen LogP) is 4.11. The van der Waals surface area contributed by atoms with Crippen molar-refractivity contribution in [2.24, 2.45) is 0 Å². The average molecular weight is 481 g/mol. The molecule has 36 heavy (non-hydrogen) atoms. The Kier molecular flexibility index (Phi) is 6.60. The van der Waals surface area contributed by atoms with Gasteiger partial charge < -0.3 is 20.9 Å². The number of aromatic amines is 1. The molecular formula is C27H28N8O. The number of aromatic nitrogens is 4. The summed E-state index contributed by atoms with van der Waals surface area (Å²) in [7, 11) is 0. The molecule has 4 heterocycles. The highest BCUT2D eigenvalue weighted by molar-refractivity contribution is 5.95. The van der Waals surface area contributed by atoms with Crippen molar-refractivity contribution in [3.8, 4) is 17.5 Å². The molecule has 0 spiro atoms. The molecule has 0 bridgehead atoms. The van der Waals surface area contributed by atoms with Gasteiger partial charge in [0.25, 0.3) is 5.56 Å². The summed E-state index contributed by atoms with van der Waals surface area (Å²) in [5.74, 6) is 1.13. The lowest BCUT2D eigenvalue weighted by Crippen LogP contribution is -2.33. The van der Waals surface area contributed by atoms with Gasteiger partial charge in [-0.15, -0.1) is 0 Å². The number of hydrogen-bond acceptors (Lipinski definition) is 8. The molecule has 1 aromatic carbocycles. The van der Waals surface area contributed by atoms with E-state index in [0.717, 1.165) is 43.5 Å².